The van der Waals surface area contributed by atoms with E-state index in [2.05, 4.69) is 20.6 Å². The Morgan fingerprint density at radius 1 is 1.24 bits per heavy atom. The molecule has 10 nitrogen and oxygen atoms in total. The summed E-state index contributed by atoms with van der Waals surface area (Å²) in [4.78, 5) is 19.3. The van der Waals surface area contributed by atoms with Gasteiger partial charge in [0.25, 0.3) is 0 Å². The minimum atomic E-state index is -5.66. The summed E-state index contributed by atoms with van der Waals surface area (Å²) >= 11 is 0. The number of aromatic amines is 1. The average Bonchev–Trinajstić information content (AvgIpc) is 3.13. The van der Waals surface area contributed by atoms with Crippen LogP contribution in [0.5, 0.6) is 0 Å². The van der Waals surface area contributed by atoms with Gasteiger partial charge in [-0.05, 0) is 23.8 Å². The zero-order valence-electron chi connectivity index (χ0n) is 17.1. The van der Waals surface area contributed by atoms with Crippen molar-refractivity contribution in [2.24, 2.45) is 0 Å². The zero-order valence-corrected chi connectivity index (χ0v) is 17.9. The van der Waals surface area contributed by atoms with Crippen LogP contribution in [0.15, 0.2) is 42.5 Å². The molecule has 0 bridgehead atoms. The Hall–Kier alpha value is -3.36. The molecule has 14 heteroatoms. The third-order valence-electron chi connectivity index (χ3n) is 4.71. The second-order valence-corrected chi connectivity index (χ2v) is 8.20. The molecule has 1 atom stereocenters. The van der Waals surface area contributed by atoms with Crippen LogP contribution in [0.25, 0.3) is 11.0 Å². The number of benzene rings is 2. The molecule has 0 fully saturated rings. The predicted octanol–water partition coefficient (Wildman–Crippen LogP) is 2.47. The number of carbonyl (C=O) groups is 1. The fourth-order valence-corrected chi connectivity index (χ4v) is 3.91. The predicted molar refractivity (Wildman–Crippen MR) is 114 cm³/mol. The van der Waals surface area contributed by atoms with E-state index in [0.717, 1.165) is 18.2 Å². The van der Waals surface area contributed by atoms with E-state index in [1.165, 1.54) is 13.1 Å². The quantitative estimate of drug-likeness (QED) is 0.242. The van der Waals surface area contributed by atoms with Crippen molar-refractivity contribution >= 4 is 38.9 Å². The number of aliphatic hydroxyl groups excluding tert-OH is 1. The number of nitrogens with zero attached hydrogens (tertiary/aromatic N) is 2. The number of H-pyrrole nitrogens is 1. The molecule has 3 rings (SSSR count). The van der Waals surface area contributed by atoms with Gasteiger partial charge < -0.3 is 20.7 Å². The largest absolute Gasteiger partial charge is 0.500 e. The second-order valence-electron chi connectivity index (χ2n) is 6.94. The first-order chi connectivity index (χ1) is 15.4. The molecular weight excluding hydrogens is 467 g/mol. The molecule has 1 heterocycles. The minimum absolute atomic E-state index is 0.122. The molecule has 33 heavy (non-hydrogen) atoms. The number of halogens is 3. The van der Waals surface area contributed by atoms with Crippen molar-refractivity contribution in [2.45, 2.75) is 25.4 Å². The third-order valence-corrected chi connectivity index (χ3v) is 5.59. The molecule has 0 aliphatic carbocycles. The molecule has 178 valence electrons. The Morgan fingerprint density at radius 2 is 1.94 bits per heavy atom. The van der Waals surface area contributed by atoms with E-state index in [1.54, 1.807) is 18.2 Å². The molecule has 1 unspecified atom stereocenters. The summed E-state index contributed by atoms with van der Waals surface area (Å²) in [5, 5.41) is 14.8. The summed E-state index contributed by atoms with van der Waals surface area (Å²) in [5.74, 6) is -0.278. The fraction of sp³-hybridized carbons (Fsp3) is 0.263. The highest BCUT2D eigenvalue weighted by molar-refractivity contribution is 7.87. The number of aliphatic hydroxyl groups is 1. The highest BCUT2D eigenvalue weighted by Gasteiger charge is 2.45. The van der Waals surface area contributed by atoms with Crippen molar-refractivity contribution in [1.29, 1.82) is 0 Å². The highest BCUT2D eigenvalue weighted by Crippen LogP contribution is 2.34. The maximum atomic E-state index is 13.3. The molecule has 0 aliphatic rings. The molecule has 0 aliphatic heterocycles. The number of hydrogen-bond donors (Lipinski definition) is 5. The molecule has 3 aromatic rings. The number of amides is 1. The summed E-state index contributed by atoms with van der Waals surface area (Å²) in [6.45, 7) is -0.270. The van der Waals surface area contributed by atoms with E-state index in [-0.39, 0.29) is 24.5 Å². The Bertz CT molecular complexity index is 1260. The lowest BCUT2D eigenvalue weighted by molar-refractivity contribution is -0.121. The maximum absolute atomic E-state index is 13.3. The molecule has 2 aromatic carbocycles. The number of hydrogen-bond acceptors (Lipinski definition) is 6. The van der Waals surface area contributed by atoms with Crippen LogP contribution in [0, 0.1) is 0 Å². The van der Waals surface area contributed by atoms with Gasteiger partial charge in [-0.1, -0.05) is 24.3 Å². The van der Waals surface area contributed by atoms with Gasteiger partial charge in [0.15, 0.2) is 0 Å². The number of nitrogens with one attached hydrogen (secondary N) is 3. The molecule has 5 N–H and O–H groups in total. The van der Waals surface area contributed by atoms with Gasteiger partial charge in [-0.15, -0.1) is 13.2 Å². The molecule has 0 radical (unpaired) electrons. The van der Waals surface area contributed by atoms with E-state index in [9.17, 15) is 31.5 Å². The number of fused-ring (bicyclic) bond motifs is 1. The van der Waals surface area contributed by atoms with Crippen molar-refractivity contribution in [1.82, 2.24) is 15.3 Å². The maximum Gasteiger partial charge on any atom is 0.500 e. The van der Waals surface area contributed by atoms with Gasteiger partial charge in [-0.2, -0.15) is 12.7 Å². The van der Waals surface area contributed by atoms with Crippen LogP contribution in [0.2, 0.25) is 0 Å². The van der Waals surface area contributed by atoms with Crippen LogP contribution in [0.3, 0.4) is 0 Å². The van der Waals surface area contributed by atoms with Crippen LogP contribution in [-0.4, -0.2) is 47.3 Å². The van der Waals surface area contributed by atoms with Gasteiger partial charge >= 0.3 is 16.6 Å². The minimum Gasteiger partial charge on any atom is -0.392 e. The van der Waals surface area contributed by atoms with Gasteiger partial charge in [0, 0.05) is 12.6 Å². The number of rotatable bonds is 8. The number of anilines is 2. The molecule has 0 saturated carbocycles. The van der Waals surface area contributed by atoms with E-state index in [1.807, 2.05) is 0 Å². The van der Waals surface area contributed by atoms with Crippen molar-refractivity contribution in [3.05, 3.63) is 53.6 Å². The fourth-order valence-electron chi connectivity index (χ4n) is 3.27. The number of carbonyl (C=O) groups excluding carboxylic acids is 1. The lowest BCUT2D eigenvalue weighted by Gasteiger charge is -2.25. The lowest BCUT2D eigenvalue weighted by atomic mass is 10.0. The Morgan fingerprint density at radius 3 is 2.55 bits per heavy atom. The average molecular weight is 487 g/mol. The van der Waals surface area contributed by atoms with Crippen molar-refractivity contribution in [3.63, 3.8) is 0 Å². The first kappa shape index (κ1) is 24.3. The van der Waals surface area contributed by atoms with Crippen molar-refractivity contribution in [3.8, 4) is 0 Å². The van der Waals surface area contributed by atoms with Crippen molar-refractivity contribution in [2.75, 3.05) is 16.7 Å². The summed E-state index contributed by atoms with van der Waals surface area (Å²) in [6.07, 6.45) is -5.66. The van der Waals surface area contributed by atoms with Gasteiger partial charge in [0.1, 0.15) is 0 Å². The monoisotopic (exact) mass is 487 g/mol. The van der Waals surface area contributed by atoms with Crippen LogP contribution >= 0.6 is 0 Å². The Balaban J connectivity index is 2.03. The smallest absolute Gasteiger partial charge is 0.392 e. The van der Waals surface area contributed by atoms with Gasteiger partial charge in [-0.25, -0.2) is 4.98 Å². The molecule has 0 saturated heterocycles. The lowest BCUT2D eigenvalue weighted by Crippen LogP contribution is -2.42. The summed E-state index contributed by atoms with van der Waals surface area (Å²) in [5.41, 5.74) is 0.835. The third kappa shape index (κ3) is 5.53. The van der Waals surface area contributed by atoms with E-state index >= 15 is 0 Å². The van der Waals surface area contributed by atoms with Crippen LogP contribution in [0.4, 0.5) is 24.8 Å². The normalized spacial score (nSPS) is 13.0. The van der Waals surface area contributed by atoms with Gasteiger partial charge in [0.2, 0.25) is 11.9 Å². The number of aromatic nitrogens is 2. The van der Waals surface area contributed by atoms with Gasteiger partial charge in [0.05, 0.1) is 35.8 Å². The van der Waals surface area contributed by atoms with Crippen LogP contribution in [0.1, 0.15) is 23.6 Å². The van der Waals surface area contributed by atoms with E-state index < -0.39 is 38.5 Å². The topological polar surface area (TPSA) is 148 Å². The summed E-state index contributed by atoms with van der Waals surface area (Å²) < 4.78 is 70.7. The number of para-hydroxylation sites is 1. The first-order valence-corrected chi connectivity index (χ1v) is 10.8. The van der Waals surface area contributed by atoms with Crippen molar-refractivity contribution < 1.29 is 36.0 Å². The molecule has 1 amide bonds. The zero-order chi connectivity index (χ0) is 24.4. The molecule has 0 spiro atoms. The molecule has 1 aromatic heterocycles. The van der Waals surface area contributed by atoms with Gasteiger partial charge in [-0.3, -0.25) is 9.35 Å². The SMILES string of the molecule is CNC(=O)CC(Nc1nc2c(CO)cccc2[nH]1)c1cccc(N(C(F)(F)F)S(=O)(=O)O)c1. The number of alkyl halides is 3. The van der Waals surface area contributed by atoms with Crippen LogP contribution in [-0.2, 0) is 21.7 Å². The van der Waals surface area contributed by atoms with E-state index in [4.69, 9.17) is 4.55 Å². The standard InChI is InChI=1S/C19H20F3N5O5S/c1-23-16(29)9-15(25-18-24-14-7-3-5-12(10-28)17(14)26-18)11-4-2-6-13(8-11)27(19(20,21)22)33(30,31)32/h2-8,15,28H,9-10H2,1H3,(H,23,29)(H2,24,25,26)(H,30,31,32). The van der Waals surface area contributed by atoms with E-state index in [0.29, 0.717) is 16.6 Å². The first-order valence-electron chi connectivity index (χ1n) is 9.44. The summed E-state index contributed by atoms with van der Waals surface area (Å²) in [6, 6.07) is 8.44. The van der Waals surface area contributed by atoms with Crippen LogP contribution < -0.4 is 14.9 Å². The Labute approximate surface area is 186 Å². The molecular formula is C19H20F3N5O5S. The Kier molecular flexibility index (Phi) is 6.81. The summed E-state index contributed by atoms with van der Waals surface area (Å²) in [7, 11) is -4.28. The second kappa shape index (κ2) is 9.25. The number of imidazole rings is 1. The highest BCUT2D eigenvalue weighted by atomic mass is 32.2.